The Bertz CT molecular complexity index is 352. The van der Waals surface area contributed by atoms with Crippen LogP contribution in [0.15, 0.2) is 34.2 Å². The highest BCUT2D eigenvalue weighted by Crippen LogP contribution is 2.32. The lowest BCUT2D eigenvalue weighted by atomic mass is 10.3. The van der Waals surface area contributed by atoms with Gasteiger partial charge in [0.15, 0.2) is 0 Å². The molecule has 0 saturated heterocycles. The fraction of sp³-hybridized carbons (Fsp3) is 0.300. The lowest BCUT2D eigenvalue weighted by Gasteiger charge is -2.03. The van der Waals surface area contributed by atoms with Gasteiger partial charge in [0.2, 0.25) is 0 Å². The quantitative estimate of drug-likeness (QED) is 0.719. The van der Waals surface area contributed by atoms with Gasteiger partial charge in [-0.05, 0) is 12.1 Å². The number of aliphatic imine (C=N–C) groups is 1. The van der Waals surface area contributed by atoms with E-state index in [2.05, 4.69) is 16.5 Å². The Kier molecular flexibility index (Phi) is 3.06. The summed E-state index contributed by atoms with van der Waals surface area (Å²) in [4.78, 5) is 10.6. The number of nitrogens with one attached hydrogen (secondary N) is 1. The van der Waals surface area contributed by atoms with Crippen LogP contribution in [0.4, 0.5) is 5.69 Å². The fourth-order valence-electron chi connectivity index (χ4n) is 1.32. The summed E-state index contributed by atoms with van der Waals surface area (Å²) in [5.41, 5.74) is 3.82. The molecule has 74 valence electrons. The zero-order valence-corrected chi connectivity index (χ0v) is 8.80. The molecule has 1 aromatic carbocycles. The van der Waals surface area contributed by atoms with Gasteiger partial charge in [-0.3, -0.25) is 10.3 Å². The first-order chi connectivity index (χ1) is 6.90. The zero-order chi connectivity index (χ0) is 9.80. The monoisotopic (exact) mass is 208 g/mol. The van der Waals surface area contributed by atoms with E-state index in [1.165, 1.54) is 4.90 Å². The van der Waals surface area contributed by atoms with E-state index in [0.29, 0.717) is 0 Å². The molecule has 2 rings (SSSR count). The smallest absolute Gasteiger partial charge is 0.127 e. The van der Waals surface area contributed by atoms with E-state index in [-0.39, 0.29) is 0 Å². The molecule has 0 aromatic heterocycles. The lowest BCUT2D eigenvalue weighted by Crippen LogP contribution is -2.21. The largest absolute Gasteiger partial charge is 0.278 e. The van der Waals surface area contributed by atoms with Crippen molar-refractivity contribution >= 4 is 23.3 Å². The van der Waals surface area contributed by atoms with Crippen LogP contribution in [0.2, 0.25) is 0 Å². The summed E-state index contributed by atoms with van der Waals surface area (Å²) in [6.07, 6.45) is 0.910. The van der Waals surface area contributed by atoms with Crippen molar-refractivity contribution in [2.45, 2.75) is 11.3 Å². The molecule has 0 atom stereocenters. The average molecular weight is 208 g/mol. The second-order valence-corrected chi connectivity index (χ2v) is 4.07. The Hall–Kier alpha value is -1.00. The van der Waals surface area contributed by atoms with Crippen LogP contribution in [0.25, 0.3) is 0 Å². The summed E-state index contributed by atoms with van der Waals surface area (Å²) in [5, 5.41) is 0. The van der Waals surface area contributed by atoms with Gasteiger partial charge in [-0.25, -0.2) is 4.99 Å². The van der Waals surface area contributed by atoms with Gasteiger partial charge in [0.1, 0.15) is 5.84 Å². The molecule has 0 aliphatic carbocycles. The molecule has 14 heavy (non-hydrogen) atoms. The molecule has 0 fully saturated rings. The molecule has 1 aliphatic heterocycles. The number of hydroxylamine groups is 1. The highest BCUT2D eigenvalue weighted by molar-refractivity contribution is 7.99. The van der Waals surface area contributed by atoms with Gasteiger partial charge in [-0.1, -0.05) is 12.1 Å². The minimum Gasteiger partial charge on any atom is -0.278 e. The number of hydrogen-bond acceptors (Lipinski definition) is 4. The van der Waals surface area contributed by atoms with Crippen molar-refractivity contribution in [2.24, 2.45) is 4.99 Å². The summed E-state index contributed by atoms with van der Waals surface area (Å²) in [5.74, 6) is 1.93. The molecule has 1 heterocycles. The summed E-state index contributed by atoms with van der Waals surface area (Å²) >= 11 is 1.83. The molecule has 4 heteroatoms. The van der Waals surface area contributed by atoms with Gasteiger partial charge in [0.05, 0.1) is 12.8 Å². The second kappa shape index (κ2) is 4.48. The first-order valence-corrected chi connectivity index (χ1v) is 5.47. The Labute approximate surface area is 87.5 Å². The number of fused-ring (bicyclic) bond motifs is 1. The minimum atomic E-state index is 0.893. The average Bonchev–Trinajstić information content (AvgIpc) is 2.40. The number of amidine groups is 1. The molecular formula is C10H12N2OS. The highest BCUT2D eigenvalue weighted by atomic mass is 32.2. The van der Waals surface area contributed by atoms with Crippen LogP contribution in [-0.4, -0.2) is 18.7 Å². The molecule has 0 bridgehead atoms. The van der Waals surface area contributed by atoms with E-state index in [9.17, 15) is 0 Å². The van der Waals surface area contributed by atoms with Crippen LogP contribution in [0, 0.1) is 0 Å². The predicted octanol–water partition coefficient (Wildman–Crippen LogP) is 2.36. The number of thioether (sulfide) groups is 1. The van der Waals surface area contributed by atoms with Gasteiger partial charge in [0.25, 0.3) is 0 Å². The third-order valence-corrected chi connectivity index (χ3v) is 3.00. The molecular weight excluding hydrogens is 196 g/mol. The third-order valence-electron chi connectivity index (χ3n) is 1.94. The highest BCUT2D eigenvalue weighted by Gasteiger charge is 2.09. The van der Waals surface area contributed by atoms with Crippen molar-refractivity contribution < 1.29 is 4.84 Å². The van der Waals surface area contributed by atoms with Crippen LogP contribution < -0.4 is 5.48 Å². The molecule has 0 spiro atoms. The van der Waals surface area contributed by atoms with Gasteiger partial charge < -0.3 is 0 Å². The van der Waals surface area contributed by atoms with Gasteiger partial charge in [-0.2, -0.15) is 0 Å². The van der Waals surface area contributed by atoms with E-state index < -0.39 is 0 Å². The first-order valence-electron chi connectivity index (χ1n) is 4.48. The number of rotatable bonds is 1. The van der Waals surface area contributed by atoms with Crippen molar-refractivity contribution in [1.82, 2.24) is 5.48 Å². The molecule has 0 unspecified atom stereocenters. The third kappa shape index (κ3) is 2.08. The Morgan fingerprint density at radius 1 is 1.43 bits per heavy atom. The van der Waals surface area contributed by atoms with Crippen molar-refractivity contribution in [3.8, 4) is 0 Å². The molecule has 1 N–H and O–H groups in total. The van der Waals surface area contributed by atoms with E-state index in [0.717, 1.165) is 23.7 Å². The van der Waals surface area contributed by atoms with Gasteiger partial charge >= 0.3 is 0 Å². The summed E-state index contributed by atoms with van der Waals surface area (Å²) in [6, 6.07) is 8.15. The van der Waals surface area contributed by atoms with Gasteiger partial charge in [-0.15, -0.1) is 11.8 Å². The Balaban J connectivity index is 2.30. The van der Waals surface area contributed by atoms with Crippen LogP contribution in [0.1, 0.15) is 6.42 Å². The summed E-state index contributed by atoms with van der Waals surface area (Å²) < 4.78 is 0. The van der Waals surface area contributed by atoms with Crippen LogP contribution in [-0.2, 0) is 4.84 Å². The lowest BCUT2D eigenvalue weighted by molar-refractivity contribution is 0.143. The molecule has 1 aromatic rings. The summed E-state index contributed by atoms with van der Waals surface area (Å²) in [6.45, 7) is 0. The van der Waals surface area contributed by atoms with E-state index >= 15 is 0 Å². The molecule has 0 radical (unpaired) electrons. The van der Waals surface area contributed by atoms with E-state index in [1.54, 1.807) is 7.11 Å². The zero-order valence-electron chi connectivity index (χ0n) is 7.99. The Morgan fingerprint density at radius 3 is 3.14 bits per heavy atom. The standard InChI is InChI=1S/C10H12N2OS/c1-13-12-10-6-7-14-9-5-3-2-4-8(9)11-10/h2-5H,6-7H2,1H3,(H,11,12). The van der Waals surface area contributed by atoms with Crippen molar-refractivity contribution in [2.75, 3.05) is 12.9 Å². The van der Waals surface area contributed by atoms with Crippen LogP contribution in [0.5, 0.6) is 0 Å². The van der Waals surface area contributed by atoms with Gasteiger partial charge in [0, 0.05) is 17.1 Å². The summed E-state index contributed by atoms with van der Waals surface area (Å²) in [7, 11) is 1.60. The van der Waals surface area contributed by atoms with Crippen molar-refractivity contribution in [3.63, 3.8) is 0 Å². The number of para-hydroxylation sites is 1. The first kappa shape index (κ1) is 9.55. The number of benzene rings is 1. The molecule has 0 amide bonds. The maximum Gasteiger partial charge on any atom is 0.127 e. The fourth-order valence-corrected chi connectivity index (χ4v) is 2.27. The molecule has 1 aliphatic rings. The Morgan fingerprint density at radius 2 is 2.29 bits per heavy atom. The van der Waals surface area contributed by atoms with E-state index in [4.69, 9.17) is 4.84 Å². The van der Waals surface area contributed by atoms with E-state index in [1.807, 2.05) is 30.0 Å². The normalized spacial score (nSPS) is 15.4. The minimum absolute atomic E-state index is 0.893. The maximum atomic E-state index is 4.86. The maximum absolute atomic E-state index is 4.86. The number of nitrogens with zero attached hydrogens (tertiary/aromatic N) is 1. The van der Waals surface area contributed by atoms with Crippen molar-refractivity contribution in [3.05, 3.63) is 24.3 Å². The van der Waals surface area contributed by atoms with Crippen molar-refractivity contribution in [1.29, 1.82) is 0 Å². The van der Waals surface area contributed by atoms with Crippen LogP contribution >= 0.6 is 11.8 Å². The predicted molar refractivity (Wildman–Crippen MR) is 59.0 cm³/mol. The topological polar surface area (TPSA) is 33.6 Å². The molecule has 0 saturated carbocycles. The van der Waals surface area contributed by atoms with Crippen LogP contribution in [0.3, 0.4) is 0 Å². The SMILES string of the molecule is CONC1=Nc2ccccc2SCC1. The molecule has 3 nitrogen and oxygen atoms in total. The number of hydrogen-bond donors (Lipinski definition) is 1. The second-order valence-electron chi connectivity index (χ2n) is 2.93.